The molecule has 1 aromatic rings. The highest BCUT2D eigenvalue weighted by Gasteiger charge is 2.33. The van der Waals surface area contributed by atoms with Crippen LogP contribution in [0.4, 0.5) is 4.79 Å². The summed E-state index contributed by atoms with van der Waals surface area (Å²) in [5.41, 5.74) is 0.109. The highest BCUT2D eigenvalue weighted by molar-refractivity contribution is 5.94. The molecule has 1 aromatic carbocycles. The second-order valence-corrected chi connectivity index (χ2v) is 10.6. The van der Waals surface area contributed by atoms with Gasteiger partial charge in [-0.1, -0.05) is 64.4 Å². The van der Waals surface area contributed by atoms with Crippen LogP contribution in [0.5, 0.6) is 0 Å². The maximum Gasteiger partial charge on any atom is 0.408 e. The SMILES string of the molecule is CCC(C)[C@H](NC(=O)C(Cc1ccccc1)NC(=O)OC(C)(C)C)C(=O)NC(CC(C)C)C(=O)NC. The Labute approximate surface area is 215 Å². The molecular formula is C27H44N4O5. The second kappa shape index (κ2) is 14.5. The van der Waals surface area contributed by atoms with Crippen molar-refractivity contribution in [2.24, 2.45) is 11.8 Å². The molecule has 0 spiro atoms. The lowest BCUT2D eigenvalue weighted by molar-refractivity contribution is -0.133. The molecule has 0 bridgehead atoms. The normalized spacial score (nSPS) is 14.7. The van der Waals surface area contributed by atoms with Crippen LogP contribution >= 0.6 is 0 Å². The standard InChI is InChI=1S/C27H44N4O5/c1-9-18(4)22(25(34)29-20(15-17(2)3)23(32)28-8)31-24(33)21(16-19-13-11-10-12-14-19)30-26(35)36-27(5,6)7/h10-14,17-18,20-22H,9,15-16H2,1-8H3,(H,28,32)(H,29,34)(H,30,35)(H,31,33)/t18?,20?,21?,22-/m0/s1. The summed E-state index contributed by atoms with van der Waals surface area (Å²) < 4.78 is 5.35. The zero-order valence-corrected chi connectivity index (χ0v) is 22.9. The van der Waals surface area contributed by atoms with Gasteiger partial charge in [0.2, 0.25) is 17.7 Å². The lowest BCUT2D eigenvalue weighted by atomic mass is 9.96. The van der Waals surface area contributed by atoms with Crippen LogP contribution in [-0.4, -0.2) is 54.6 Å². The molecule has 202 valence electrons. The Kier molecular flexibility index (Phi) is 12.4. The van der Waals surface area contributed by atoms with Crippen LogP contribution in [-0.2, 0) is 25.5 Å². The molecule has 0 aromatic heterocycles. The summed E-state index contributed by atoms with van der Waals surface area (Å²) in [7, 11) is 1.52. The number of amides is 4. The van der Waals surface area contributed by atoms with Crippen LogP contribution in [0.2, 0.25) is 0 Å². The van der Waals surface area contributed by atoms with Gasteiger partial charge in [0.05, 0.1) is 0 Å². The maximum absolute atomic E-state index is 13.4. The summed E-state index contributed by atoms with van der Waals surface area (Å²) in [6, 6.07) is 6.70. The molecule has 0 aliphatic carbocycles. The molecule has 9 heteroatoms. The van der Waals surface area contributed by atoms with Crippen molar-refractivity contribution < 1.29 is 23.9 Å². The fraction of sp³-hybridized carbons (Fsp3) is 0.630. The van der Waals surface area contributed by atoms with E-state index >= 15 is 0 Å². The van der Waals surface area contributed by atoms with Crippen LogP contribution in [0.1, 0.15) is 66.9 Å². The lowest BCUT2D eigenvalue weighted by Crippen LogP contribution is -2.59. The monoisotopic (exact) mass is 504 g/mol. The Balaban J connectivity index is 3.13. The zero-order chi connectivity index (χ0) is 27.5. The van der Waals surface area contributed by atoms with Crippen molar-refractivity contribution in [3.8, 4) is 0 Å². The first-order chi connectivity index (χ1) is 16.8. The Morgan fingerprint density at radius 3 is 1.97 bits per heavy atom. The Bertz CT molecular complexity index is 867. The molecule has 0 heterocycles. The van der Waals surface area contributed by atoms with E-state index in [1.807, 2.05) is 58.0 Å². The molecule has 0 saturated heterocycles. The first kappa shape index (κ1) is 30.9. The predicted octanol–water partition coefficient (Wildman–Crippen LogP) is 2.93. The van der Waals surface area contributed by atoms with Crippen molar-refractivity contribution in [3.63, 3.8) is 0 Å². The van der Waals surface area contributed by atoms with Crippen molar-refractivity contribution in [1.29, 1.82) is 0 Å². The van der Waals surface area contributed by atoms with Gasteiger partial charge in [0.25, 0.3) is 0 Å². The molecule has 4 amide bonds. The maximum atomic E-state index is 13.4. The summed E-state index contributed by atoms with van der Waals surface area (Å²) >= 11 is 0. The highest BCUT2D eigenvalue weighted by Crippen LogP contribution is 2.13. The van der Waals surface area contributed by atoms with Gasteiger partial charge in [0.15, 0.2) is 0 Å². The third kappa shape index (κ3) is 11.1. The minimum absolute atomic E-state index is 0.178. The molecule has 1 rings (SSSR count). The fourth-order valence-corrected chi connectivity index (χ4v) is 3.60. The van der Waals surface area contributed by atoms with Gasteiger partial charge in [0, 0.05) is 13.5 Å². The number of rotatable bonds is 12. The molecule has 36 heavy (non-hydrogen) atoms. The third-order valence-electron chi connectivity index (χ3n) is 5.67. The van der Waals surface area contributed by atoms with E-state index in [0.717, 1.165) is 5.56 Å². The van der Waals surface area contributed by atoms with Gasteiger partial charge in [0.1, 0.15) is 23.7 Å². The van der Waals surface area contributed by atoms with E-state index in [1.54, 1.807) is 20.8 Å². The molecule has 0 fully saturated rings. The third-order valence-corrected chi connectivity index (χ3v) is 5.67. The molecule has 3 unspecified atom stereocenters. The van der Waals surface area contributed by atoms with E-state index < -0.39 is 41.6 Å². The zero-order valence-electron chi connectivity index (χ0n) is 22.9. The van der Waals surface area contributed by atoms with Crippen LogP contribution in [0.3, 0.4) is 0 Å². The van der Waals surface area contributed by atoms with Gasteiger partial charge >= 0.3 is 6.09 Å². The van der Waals surface area contributed by atoms with E-state index in [4.69, 9.17) is 4.74 Å². The van der Waals surface area contributed by atoms with Crippen molar-refractivity contribution in [2.75, 3.05) is 7.05 Å². The average molecular weight is 505 g/mol. The molecule has 0 saturated carbocycles. The minimum atomic E-state index is -0.966. The fourth-order valence-electron chi connectivity index (χ4n) is 3.60. The van der Waals surface area contributed by atoms with E-state index in [1.165, 1.54) is 7.05 Å². The number of carbonyl (C=O) groups is 4. The highest BCUT2D eigenvalue weighted by atomic mass is 16.6. The van der Waals surface area contributed by atoms with Crippen molar-refractivity contribution in [2.45, 2.75) is 91.5 Å². The molecule has 0 aliphatic heterocycles. The van der Waals surface area contributed by atoms with Gasteiger partial charge in [-0.05, 0) is 44.6 Å². The van der Waals surface area contributed by atoms with Crippen molar-refractivity contribution >= 4 is 23.8 Å². The summed E-state index contributed by atoms with van der Waals surface area (Å²) in [6.45, 7) is 12.9. The van der Waals surface area contributed by atoms with Gasteiger partial charge < -0.3 is 26.0 Å². The first-order valence-electron chi connectivity index (χ1n) is 12.6. The van der Waals surface area contributed by atoms with Gasteiger partial charge in [-0.2, -0.15) is 0 Å². The topological polar surface area (TPSA) is 126 Å². The Hall–Kier alpha value is -3.10. The number of hydrogen-bond acceptors (Lipinski definition) is 5. The number of benzene rings is 1. The van der Waals surface area contributed by atoms with Crippen LogP contribution in [0.25, 0.3) is 0 Å². The smallest absolute Gasteiger partial charge is 0.408 e. The number of ether oxygens (including phenoxy) is 1. The van der Waals surface area contributed by atoms with E-state index in [0.29, 0.717) is 12.8 Å². The second-order valence-electron chi connectivity index (χ2n) is 10.6. The van der Waals surface area contributed by atoms with Gasteiger partial charge in [-0.15, -0.1) is 0 Å². The molecule has 0 radical (unpaired) electrons. The number of alkyl carbamates (subject to hydrolysis) is 1. The number of nitrogens with one attached hydrogen (secondary N) is 4. The van der Waals surface area contributed by atoms with Crippen molar-refractivity contribution in [3.05, 3.63) is 35.9 Å². The summed E-state index contributed by atoms with van der Waals surface area (Å²) in [5.74, 6) is -1.28. The first-order valence-corrected chi connectivity index (χ1v) is 12.6. The number of carbonyl (C=O) groups excluding carboxylic acids is 4. The lowest BCUT2D eigenvalue weighted by Gasteiger charge is -2.29. The van der Waals surface area contributed by atoms with Gasteiger partial charge in [-0.25, -0.2) is 4.79 Å². The number of likely N-dealkylation sites (N-methyl/N-ethyl adjacent to an activating group) is 1. The quantitative estimate of drug-likeness (QED) is 0.348. The summed E-state index contributed by atoms with van der Waals surface area (Å²) in [5, 5.41) is 10.9. The van der Waals surface area contributed by atoms with Crippen LogP contribution in [0, 0.1) is 11.8 Å². The molecule has 9 nitrogen and oxygen atoms in total. The van der Waals surface area contributed by atoms with E-state index in [2.05, 4.69) is 21.3 Å². The average Bonchev–Trinajstić information content (AvgIpc) is 2.79. The Morgan fingerprint density at radius 1 is 0.861 bits per heavy atom. The van der Waals surface area contributed by atoms with Gasteiger partial charge in [-0.3, -0.25) is 14.4 Å². The largest absolute Gasteiger partial charge is 0.444 e. The molecule has 4 N–H and O–H groups in total. The predicted molar refractivity (Wildman–Crippen MR) is 140 cm³/mol. The Morgan fingerprint density at radius 2 is 1.47 bits per heavy atom. The minimum Gasteiger partial charge on any atom is -0.444 e. The molecule has 4 atom stereocenters. The summed E-state index contributed by atoms with van der Waals surface area (Å²) in [4.78, 5) is 51.5. The van der Waals surface area contributed by atoms with Crippen molar-refractivity contribution in [1.82, 2.24) is 21.3 Å². The molecular weight excluding hydrogens is 460 g/mol. The van der Waals surface area contributed by atoms with E-state index in [-0.39, 0.29) is 24.2 Å². The number of hydrogen-bond donors (Lipinski definition) is 4. The molecule has 0 aliphatic rings. The summed E-state index contributed by atoms with van der Waals surface area (Å²) in [6.07, 6.45) is 0.578. The van der Waals surface area contributed by atoms with Crippen LogP contribution in [0.15, 0.2) is 30.3 Å². The van der Waals surface area contributed by atoms with E-state index in [9.17, 15) is 19.2 Å². The van der Waals surface area contributed by atoms with Crippen LogP contribution < -0.4 is 21.3 Å².